The third-order valence-electron chi connectivity index (χ3n) is 3.20. The summed E-state index contributed by atoms with van der Waals surface area (Å²) in [6.07, 6.45) is 1.77. The van der Waals surface area contributed by atoms with Crippen molar-refractivity contribution in [3.8, 4) is 6.07 Å². The Labute approximate surface area is 156 Å². The summed E-state index contributed by atoms with van der Waals surface area (Å²) in [5.41, 5.74) is 0.791. The Kier molecular flexibility index (Phi) is 9.15. The third-order valence-corrected chi connectivity index (χ3v) is 4.19. The highest BCUT2D eigenvalue weighted by Crippen LogP contribution is 2.23. The molecule has 0 saturated carbocycles. The molecule has 0 aliphatic rings. The van der Waals surface area contributed by atoms with E-state index in [9.17, 15) is 19.6 Å². The Morgan fingerprint density at radius 3 is 2.69 bits per heavy atom. The van der Waals surface area contributed by atoms with Crippen LogP contribution in [0.15, 0.2) is 11.1 Å². The summed E-state index contributed by atoms with van der Waals surface area (Å²) in [7, 11) is 0. The normalized spacial score (nSPS) is 9.92. The van der Waals surface area contributed by atoms with E-state index < -0.39 is 17.9 Å². The highest BCUT2D eigenvalue weighted by Gasteiger charge is 2.17. The molecule has 0 aromatic carbocycles. The predicted molar refractivity (Wildman–Crippen MR) is 96.8 cm³/mol. The van der Waals surface area contributed by atoms with Crippen LogP contribution in [-0.2, 0) is 9.53 Å². The van der Waals surface area contributed by atoms with Gasteiger partial charge in [0.15, 0.2) is 0 Å². The molecule has 0 bridgehead atoms. The standard InChI is InChI=1S/C17H22N4O4S/c1-4-6-7-19-17(24)21-14(22)10-26-15-12(9-18)8-13(11(3)20-15)16(23)25-5-2/h8H,4-7,10H2,1-3H3,(H2,19,21,22,24). The summed E-state index contributed by atoms with van der Waals surface area (Å²) < 4.78 is 4.93. The van der Waals surface area contributed by atoms with Crippen molar-refractivity contribution in [1.29, 1.82) is 5.26 Å². The lowest BCUT2D eigenvalue weighted by atomic mass is 10.1. The van der Waals surface area contributed by atoms with E-state index in [-0.39, 0.29) is 23.5 Å². The van der Waals surface area contributed by atoms with E-state index in [0.717, 1.165) is 24.6 Å². The summed E-state index contributed by atoms with van der Waals surface area (Å²) in [6, 6.07) is 2.81. The largest absolute Gasteiger partial charge is 0.462 e. The number of nitrogens with zero attached hydrogens (tertiary/aromatic N) is 2. The summed E-state index contributed by atoms with van der Waals surface area (Å²) in [5, 5.41) is 14.4. The van der Waals surface area contributed by atoms with Crippen LogP contribution in [0.4, 0.5) is 4.79 Å². The minimum Gasteiger partial charge on any atom is -0.462 e. The van der Waals surface area contributed by atoms with E-state index in [1.807, 2.05) is 13.0 Å². The van der Waals surface area contributed by atoms with Gasteiger partial charge in [-0.05, 0) is 26.3 Å². The van der Waals surface area contributed by atoms with E-state index in [0.29, 0.717) is 17.3 Å². The number of urea groups is 1. The third kappa shape index (κ3) is 6.72. The smallest absolute Gasteiger partial charge is 0.340 e. The highest BCUT2D eigenvalue weighted by molar-refractivity contribution is 8.00. The summed E-state index contributed by atoms with van der Waals surface area (Å²) >= 11 is 1.02. The van der Waals surface area contributed by atoms with Crippen LogP contribution in [-0.4, -0.2) is 41.8 Å². The quantitative estimate of drug-likeness (QED) is 0.404. The number of aryl methyl sites for hydroxylation is 1. The Bertz CT molecular complexity index is 715. The lowest BCUT2D eigenvalue weighted by Gasteiger charge is -2.09. The Morgan fingerprint density at radius 1 is 1.35 bits per heavy atom. The molecule has 1 aromatic heterocycles. The lowest BCUT2D eigenvalue weighted by Crippen LogP contribution is -2.40. The van der Waals surface area contributed by atoms with Gasteiger partial charge in [0.05, 0.1) is 29.2 Å². The van der Waals surface area contributed by atoms with Gasteiger partial charge in [0.1, 0.15) is 11.1 Å². The van der Waals surface area contributed by atoms with Crippen molar-refractivity contribution in [1.82, 2.24) is 15.6 Å². The second-order valence-electron chi connectivity index (χ2n) is 5.25. The number of nitrogens with one attached hydrogen (secondary N) is 2. The average molecular weight is 378 g/mol. The number of hydrogen-bond acceptors (Lipinski definition) is 7. The van der Waals surface area contributed by atoms with E-state index >= 15 is 0 Å². The van der Waals surface area contributed by atoms with E-state index in [4.69, 9.17) is 4.74 Å². The van der Waals surface area contributed by atoms with Gasteiger partial charge in [0.25, 0.3) is 0 Å². The van der Waals surface area contributed by atoms with Crippen LogP contribution >= 0.6 is 11.8 Å². The molecule has 8 nitrogen and oxygen atoms in total. The Balaban J connectivity index is 2.71. The molecule has 0 aliphatic carbocycles. The molecule has 9 heteroatoms. The molecule has 0 spiro atoms. The van der Waals surface area contributed by atoms with E-state index in [2.05, 4.69) is 15.6 Å². The average Bonchev–Trinajstić information content (AvgIpc) is 2.60. The van der Waals surface area contributed by atoms with Gasteiger partial charge < -0.3 is 10.1 Å². The molecule has 0 aliphatic heterocycles. The first-order chi connectivity index (χ1) is 12.4. The number of thioether (sulfide) groups is 1. The zero-order chi connectivity index (χ0) is 19.5. The predicted octanol–water partition coefficient (Wildman–Crippen LogP) is 2.16. The van der Waals surface area contributed by atoms with Gasteiger partial charge in [0.2, 0.25) is 5.91 Å². The summed E-state index contributed by atoms with van der Waals surface area (Å²) in [6.45, 7) is 6.02. The highest BCUT2D eigenvalue weighted by atomic mass is 32.2. The number of imide groups is 1. The van der Waals surface area contributed by atoms with Crippen molar-refractivity contribution in [3.05, 3.63) is 22.9 Å². The number of rotatable bonds is 8. The maximum Gasteiger partial charge on any atom is 0.340 e. The molecular weight excluding hydrogens is 356 g/mol. The van der Waals surface area contributed by atoms with Gasteiger partial charge in [-0.2, -0.15) is 5.26 Å². The minimum atomic E-state index is -0.550. The first-order valence-corrected chi connectivity index (χ1v) is 9.20. The number of hydrogen-bond donors (Lipinski definition) is 2. The SMILES string of the molecule is CCCCNC(=O)NC(=O)CSc1nc(C)c(C(=O)OCC)cc1C#N. The van der Waals surface area contributed by atoms with Crippen LogP contribution in [0.1, 0.15) is 48.3 Å². The molecular formula is C17H22N4O4S. The van der Waals surface area contributed by atoms with Gasteiger partial charge in [-0.25, -0.2) is 14.6 Å². The molecule has 1 rings (SSSR count). The number of carbonyl (C=O) groups is 3. The van der Waals surface area contributed by atoms with Gasteiger partial charge in [-0.15, -0.1) is 0 Å². The van der Waals surface area contributed by atoms with Crippen LogP contribution in [0, 0.1) is 18.3 Å². The lowest BCUT2D eigenvalue weighted by molar-refractivity contribution is -0.117. The number of pyridine rings is 1. The fraction of sp³-hybridized carbons (Fsp3) is 0.471. The Morgan fingerprint density at radius 2 is 2.08 bits per heavy atom. The van der Waals surface area contributed by atoms with Crippen LogP contribution in [0.5, 0.6) is 0 Å². The maximum atomic E-state index is 11.9. The van der Waals surface area contributed by atoms with Gasteiger partial charge in [-0.3, -0.25) is 10.1 Å². The monoisotopic (exact) mass is 378 g/mol. The molecule has 2 N–H and O–H groups in total. The number of carbonyl (C=O) groups excluding carboxylic acids is 3. The summed E-state index contributed by atoms with van der Waals surface area (Å²) in [4.78, 5) is 39.4. The Hall–Kier alpha value is -2.60. The fourth-order valence-electron chi connectivity index (χ4n) is 1.91. The van der Waals surface area contributed by atoms with Gasteiger partial charge in [0, 0.05) is 6.54 Å². The van der Waals surface area contributed by atoms with Crippen molar-refractivity contribution < 1.29 is 19.1 Å². The zero-order valence-electron chi connectivity index (χ0n) is 15.0. The molecule has 26 heavy (non-hydrogen) atoms. The first-order valence-electron chi connectivity index (χ1n) is 8.22. The zero-order valence-corrected chi connectivity index (χ0v) is 15.9. The minimum absolute atomic E-state index is 0.0823. The van der Waals surface area contributed by atoms with Crippen LogP contribution in [0.2, 0.25) is 0 Å². The summed E-state index contributed by atoms with van der Waals surface area (Å²) in [5.74, 6) is -1.13. The van der Waals surface area contributed by atoms with Crippen LogP contribution in [0.25, 0.3) is 0 Å². The molecule has 0 atom stereocenters. The number of ether oxygens (including phenoxy) is 1. The van der Waals surface area contributed by atoms with Crippen molar-refractivity contribution in [3.63, 3.8) is 0 Å². The van der Waals surface area contributed by atoms with Crippen molar-refractivity contribution >= 4 is 29.7 Å². The number of nitriles is 1. The second-order valence-corrected chi connectivity index (χ2v) is 6.22. The van der Waals surface area contributed by atoms with Gasteiger partial charge >= 0.3 is 12.0 Å². The molecule has 0 saturated heterocycles. The van der Waals surface area contributed by atoms with Crippen molar-refractivity contribution in [2.45, 2.75) is 38.6 Å². The van der Waals surface area contributed by atoms with E-state index in [1.54, 1.807) is 13.8 Å². The molecule has 1 aromatic rings. The number of aromatic nitrogens is 1. The molecule has 1 heterocycles. The number of amides is 3. The molecule has 0 radical (unpaired) electrons. The van der Waals surface area contributed by atoms with Crippen LogP contribution < -0.4 is 10.6 Å². The second kappa shape index (κ2) is 11.1. The maximum absolute atomic E-state index is 11.9. The van der Waals surface area contributed by atoms with Gasteiger partial charge in [-0.1, -0.05) is 25.1 Å². The molecule has 0 fully saturated rings. The van der Waals surface area contributed by atoms with Crippen molar-refractivity contribution in [2.75, 3.05) is 18.9 Å². The van der Waals surface area contributed by atoms with Crippen molar-refractivity contribution in [2.24, 2.45) is 0 Å². The number of unbranched alkanes of at least 4 members (excludes halogenated alkanes) is 1. The number of esters is 1. The first kappa shape index (κ1) is 21.4. The topological polar surface area (TPSA) is 121 Å². The van der Waals surface area contributed by atoms with Crippen LogP contribution in [0.3, 0.4) is 0 Å². The molecule has 140 valence electrons. The fourth-order valence-corrected chi connectivity index (χ4v) is 2.71. The molecule has 0 unspecified atom stereocenters. The van der Waals surface area contributed by atoms with E-state index in [1.165, 1.54) is 6.07 Å². The molecule has 3 amide bonds.